The van der Waals surface area contributed by atoms with Crippen molar-refractivity contribution in [3.8, 4) is 16.5 Å². The maximum Gasteiger partial charge on any atom is 0.304 e. The average Bonchev–Trinajstić information content (AvgIpc) is 4.00. The number of amides is 1. The smallest absolute Gasteiger partial charge is 0.304 e. The van der Waals surface area contributed by atoms with Crippen LogP contribution >= 0.6 is 22.9 Å². The first-order valence-corrected chi connectivity index (χ1v) is 25.8. The number of benzene rings is 4. The lowest BCUT2D eigenvalue weighted by atomic mass is 9.86. The van der Waals surface area contributed by atoms with E-state index < -0.39 is 28.0 Å². The van der Waals surface area contributed by atoms with E-state index in [0.717, 1.165) is 49.2 Å². The van der Waals surface area contributed by atoms with Gasteiger partial charge in [-0.3, -0.25) is 19.1 Å². The first-order chi connectivity index (χ1) is 34.5. The van der Waals surface area contributed by atoms with Gasteiger partial charge >= 0.3 is 5.97 Å². The van der Waals surface area contributed by atoms with Crippen LogP contribution in [0.1, 0.15) is 80.3 Å². The molecule has 4 aromatic carbocycles. The second-order valence-electron chi connectivity index (χ2n) is 17.4. The molecule has 0 saturated heterocycles. The first-order valence-electron chi connectivity index (χ1n) is 23.2. The van der Waals surface area contributed by atoms with E-state index in [4.69, 9.17) is 35.5 Å². The molecular weight excluding hydrogens is 982 g/mol. The molecule has 378 valence electrons. The Bertz CT molecular complexity index is 3240. The van der Waals surface area contributed by atoms with Crippen molar-refractivity contribution in [3.05, 3.63) is 139 Å². The predicted octanol–water partition coefficient (Wildman–Crippen LogP) is 7.44. The Labute approximate surface area is 426 Å². The third-order valence-corrected chi connectivity index (χ3v) is 15.8. The third-order valence-electron chi connectivity index (χ3n) is 12.6. The number of aromatic nitrogens is 6. The molecule has 3 aromatic heterocycles. The van der Waals surface area contributed by atoms with E-state index in [2.05, 4.69) is 39.7 Å². The summed E-state index contributed by atoms with van der Waals surface area (Å²) >= 11 is 7.89. The number of nitrogens with one attached hydrogen (secondary N) is 1. The fourth-order valence-electron chi connectivity index (χ4n) is 8.61. The molecule has 2 atom stereocenters. The van der Waals surface area contributed by atoms with E-state index in [1.165, 1.54) is 30.6 Å². The first kappa shape index (κ1) is 51.8. The number of aliphatic carboxylic acids is 1. The monoisotopic (exact) mass is 1040 g/mol. The lowest BCUT2D eigenvalue weighted by Crippen LogP contribution is -2.29. The second kappa shape index (κ2) is 22.5. The van der Waals surface area contributed by atoms with Crippen LogP contribution in [0.3, 0.4) is 0 Å². The number of hydrogen-bond donors (Lipinski definition) is 2. The number of aliphatic imine (C=N–C) groups is 1. The number of sulfonamides is 1. The fourth-order valence-corrected chi connectivity index (χ4v) is 11.1. The molecular formula is C51H56ClN9O9S2. The maximum absolute atomic E-state index is 13.8. The minimum Gasteiger partial charge on any atom is -0.494 e. The molecule has 18 nitrogen and oxygen atoms in total. The molecule has 0 fully saturated rings. The molecule has 7 aromatic rings. The van der Waals surface area contributed by atoms with Gasteiger partial charge in [-0.15, -0.1) is 26.6 Å². The van der Waals surface area contributed by atoms with Crippen LogP contribution in [0.25, 0.3) is 16.0 Å². The molecule has 2 N–H and O–H groups in total. The average molecular weight is 1040 g/mol. The maximum atomic E-state index is 13.8. The molecule has 0 saturated carbocycles. The van der Waals surface area contributed by atoms with Crippen LogP contribution in [0.15, 0.2) is 88.8 Å². The van der Waals surface area contributed by atoms with E-state index in [1.54, 1.807) is 41.3 Å². The molecule has 8 rings (SSSR count). The molecule has 0 bridgehead atoms. The largest absolute Gasteiger partial charge is 0.494 e. The van der Waals surface area contributed by atoms with Crippen molar-refractivity contribution in [2.75, 3.05) is 53.7 Å². The van der Waals surface area contributed by atoms with Crippen molar-refractivity contribution in [1.29, 1.82) is 0 Å². The number of carbonyl (C=O) groups is 2. The van der Waals surface area contributed by atoms with Gasteiger partial charge in [-0.25, -0.2) is 13.1 Å². The second-order valence-corrected chi connectivity index (χ2v) is 21.1. The Hall–Kier alpha value is -6.55. The van der Waals surface area contributed by atoms with E-state index in [1.807, 2.05) is 66.9 Å². The molecule has 0 aliphatic carbocycles. The number of hydrogen-bond acceptors (Lipinski definition) is 14. The highest BCUT2D eigenvalue weighted by Crippen LogP contribution is 2.40. The zero-order chi connectivity index (χ0) is 51.3. The summed E-state index contributed by atoms with van der Waals surface area (Å²) in [6.45, 7) is 9.68. The molecule has 21 heteroatoms. The lowest BCUT2D eigenvalue weighted by molar-refractivity contribution is -0.137. The highest BCUT2D eigenvalue weighted by Gasteiger charge is 2.33. The van der Waals surface area contributed by atoms with E-state index in [0.29, 0.717) is 64.3 Å². The summed E-state index contributed by atoms with van der Waals surface area (Å²) in [6, 6.07) is 22.3. The molecule has 1 unspecified atom stereocenters. The number of thiophene rings is 1. The number of carbonyl (C=O) groups excluding carboxylic acids is 1. The highest BCUT2D eigenvalue weighted by atomic mass is 35.5. The molecule has 0 radical (unpaired) electrons. The SMILES string of the molecule is COc1cc(C(CC(=O)O)c2ccc(C)c(CN(C)S(=O)(=O)c3ccc(OCCOCCOCCNC(=O)C[C@@H]4N=C(c5ccc(Cl)cc5)c5c(sc(C)c5C)-n5c(C)nnc54)cc3)c2)cc2nnn(C)c12. The van der Waals surface area contributed by atoms with Crippen molar-refractivity contribution in [3.63, 3.8) is 0 Å². The summed E-state index contributed by atoms with van der Waals surface area (Å²) in [4.78, 5) is 31.8. The van der Waals surface area contributed by atoms with Crippen LogP contribution in [0.2, 0.25) is 5.02 Å². The quantitative estimate of drug-likeness (QED) is 0.0633. The van der Waals surface area contributed by atoms with Gasteiger partial charge in [0.05, 0.1) is 57.0 Å². The van der Waals surface area contributed by atoms with Crippen molar-refractivity contribution in [2.24, 2.45) is 12.0 Å². The summed E-state index contributed by atoms with van der Waals surface area (Å²) in [7, 11) is 0.876. The van der Waals surface area contributed by atoms with Crippen molar-refractivity contribution < 1.29 is 42.1 Å². The van der Waals surface area contributed by atoms with Crippen LogP contribution in [0.5, 0.6) is 11.5 Å². The molecule has 1 amide bonds. The van der Waals surface area contributed by atoms with Gasteiger partial charge in [-0.2, -0.15) is 4.31 Å². The molecule has 1 aliphatic heterocycles. The van der Waals surface area contributed by atoms with Gasteiger partial charge in [0.1, 0.15) is 46.0 Å². The van der Waals surface area contributed by atoms with Crippen LogP contribution in [-0.2, 0) is 42.7 Å². The number of nitrogens with zero attached hydrogens (tertiary/aromatic N) is 8. The number of methoxy groups -OCH3 is 1. The van der Waals surface area contributed by atoms with Crippen molar-refractivity contribution >= 4 is 61.6 Å². The van der Waals surface area contributed by atoms with Crippen molar-refractivity contribution in [1.82, 2.24) is 39.4 Å². The Morgan fingerprint density at radius 2 is 1.62 bits per heavy atom. The van der Waals surface area contributed by atoms with E-state index >= 15 is 0 Å². The zero-order valence-electron chi connectivity index (χ0n) is 41.0. The topological polar surface area (TPSA) is 214 Å². The van der Waals surface area contributed by atoms with Gasteiger partial charge in [0, 0.05) is 54.1 Å². The van der Waals surface area contributed by atoms with E-state index in [9.17, 15) is 23.1 Å². The molecule has 72 heavy (non-hydrogen) atoms. The van der Waals surface area contributed by atoms with Gasteiger partial charge in [-0.1, -0.05) is 47.1 Å². The number of halogens is 1. The fraction of sp³-hybridized carbons (Fsp3) is 0.353. The number of ether oxygens (including phenoxy) is 4. The minimum atomic E-state index is -3.92. The number of rotatable bonds is 22. The molecule has 1 aliphatic rings. The number of aryl methyl sites for hydroxylation is 4. The summed E-state index contributed by atoms with van der Waals surface area (Å²) in [6.07, 6.45) is -0.140. The number of carboxylic acids is 1. The molecule has 4 heterocycles. The summed E-state index contributed by atoms with van der Waals surface area (Å²) < 4.78 is 55.2. The highest BCUT2D eigenvalue weighted by molar-refractivity contribution is 7.89. The van der Waals surface area contributed by atoms with E-state index in [-0.39, 0.29) is 50.0 Å². The minimum absolute atomic E-state index is 0.0490. The van der Waals surface area contributed by atoms with Crippen LogP contribution in [0.4, 0.5) is 0 Å². The Morgan fingerprint density at radius 3 is 2.35 bits per heavy atom. The predicted molar refractivity (Wildman–Crippen MR) is 273 cm³/mol. The molecule has 0 spiro atoms. The van der Waals surface area contributed by atoms with Gasteiger partial charge in [0.15, 0.2) is 5.82 Å². The van der Waals surface area contributed by atoms with Gasteiger partial charge in [-0.05, 0) is 104 Å². The van der Waals surface area contributed by atoms with Crippen LogP contribution < -0.4 is 14.8 Å². The van der Waals surface area contributed by atoms with Gasteiger partial charge < -0.3 is 29.4 Å². The van der Waals surface area contributed by atoms with Crippen LogP contribution in [0, 0.1) is 27.7 Å². The lowest BCUT2D eigenvalue weighted by Gasteiger charge is -2.22. The standard InChI is InChI=1S/C51H56ClN9O9S2/c1-30-8-9-35(41(27-46(63)64)36-25-42-49(44(26-36)67-7)60(6)58-56-42)24-37(30)29-59(5)72(65,66)40-16-14-39(15-17-40)70-23-22-69-21-20-68-19-18-53-45(62)28-43-50-57-55-33(4)61(50)51-47(31(2)32(3)71-51)48(54-43)34-10-12-38(52)13-11-34/h8-17,24-26,41,43H,18-23,27-29H2,1-7H3,(H,53,62)(H,63,64)/t41?,43-/m0/s1. The number of fused-ring (bicyclic) bond motifs is 4. The Balaban J connectivity index is 0.775. The normalized spacial score (nSPS) is 13.9. The summed E-state index contributed by atoms with van der Waals surface area (Å²) in [5.74, 6) is 0.558. The van der Waals surface area contributed by atoms with Crippen LogP contribution in [-0.4, -0.2) is 119 Å². The zero-order valence-corrected chi connectivity index (χ0v) is 43.4. The summed E-state index contributed by atoms with van der Waals surface area (Å²) in [5.41, 5.74) is 8.02. The van der Waals surface area contributed by atoms with Gasteiger partial charge in [0.25, 0.3) is 0 Å². The number of carboxylic acid groups (broad SMARTS) is 1. The Kier molecular flexibility index (Phi) is 16.2. The van der Waals surface area contributed by atoms with Gasteiger partial charge in [0.2, 0.25) is 15.9 Å². The summed E-state index contributed by atoms with van der Waals surface area (Å²) in [5, 5.41) is 31.6. The van der Waals surface area contributed by atoms with Crippen molar-refractivity contribution in [2.45, 2.75) is 63.9 Å². The Morgan fingerprint density at radius 1 is 0.903 bits per heavy atom. The third kappa shape index (κ3) is 11.4.